The molecule has 1 fully saturated rings. The van der Waals surface area contributed by atoms with E-state index in [4.69, 9.17) is 9.47 Å². The molecule has 0 aromatic heterocycles. The van der Waals surface area contributed by atoms with Crippen molar-refractivity contribution in [2.45, 2.75) is 6.92 Å². The van der Waals surface area contributed by atoms with Crippen LogP contribution in [0.5, 0.6) is 11.5 Å². The summed E-state index contributed by atoms with van der Waals surface area (Å²) >= 11 is 0. The van der Waals surface area contributed by atoms with Crippen LogP contribution in [0.15, 0.2) is 23.9 Å². The largest absolute Gasteiger partial charge is 0.493 e. The van der Waals surface area contributed by atoms with E-state index in [0.29, 0.717) is 28.3 Å². The number of ether oxygens (including phenoxy) is 2. The van der Waals surface area contributed by atoms with Gasteiger partial charge in [0, 0.05) is 33.2 Å². The highest BCUT2D eigenvalue weighted by atomic mass is 16.5. The molecule has 1 saturated heterocycles. The molecule has 2 aliphatic rings. The van der Waals surface area contributed by atoms with Crippen LogP contribution in [0.2, 0.25) is 0 Å². The average Bonchev–Trinajstić information content (AvgIpc) is 2.91. The molecule has 0 aliphatic carbocycles. The standard InChI is InChI=1S/C19H25N3O4/c1-5-21-8-10-22(11-9-21)17-16(18(23)20(2)19(17)24)13-6-7-14(25-3)15(12-13)26-4/h6-7,12H,5,8-11H2,1-4H3. The molecule has 1 aromatic rings. The Morgan fingerprint density at radius 1 is 0.962 bits per heavy atom. The Bertz CT molecular complexity index is 751. The first-order chi connectivity index (χ1) is 12.5. The monoisotopic (exact) mass is 359 g/mol. The molecule has 2 aliphatic heterocycles. The lowest BCUT2D eigenvalue weighted by molar-refractivity contribution is -0.136. The lowest BCUT2D eigenvalue weighted by Crippen LogP contribution is -2.47. The number of methoxy groups -OCH3 is 2. The number of imide groups is 1. The molecule has 0 bridgehead atoms. The average molecular weight is 359 g/mol. The minimum absolute atomic E-state index is 0.246. The van der Waals surface area contributed by atoms with Gasteiger partial charge in [0.2, 0.25) is 0 Å². The van der Waals surface area contributed by atoms with Crippen molar-refractivity contribution in [2.24, 2.45) is 0 Å². The fourth-order valence-electron chi connectivity index (χ4n) is 3.46. The van der Waals surface area contributed by atoms with E-state index < -0.39 is 0 Å². The number of benzene rings is 1. The summed E-state index contributed by atoms with van der Waals surface area (Å²) in [6.07, 6.45) is 0. The SMILES string of the molecule is CCN1CCN(C2=C(c3ccc(OC)c(OC)c3)C(=O)N(C)C2=O)CC1. The second-order valence-corrected chi connectivity index (χ2v) is 6.38. The third kappa shape index (κ3) is 3.03. The number of rotatable bonds is 5. The predicted octanol–water partition coefficient (Wildman–Crippen LogP) is 1.05. The molecule has 7 nitrogen and oxygen atoms in total. The summed E-state index contributed by atoms with van der Waals surface area (Å²) in [6.45, 7) is 6.33. The van der Waals surface area contributed by atoms with Crippen molar-refractivity contribution in [2.75, 3.05) is 54.0 Å². The Hall–Kier alpha value is -2.54. The van der Waals surface area contributed by atoms with Gasteiger partial charge in [-0.25, -0.2) is 0 Å². The summed E-state index contributed by atoms with van der Waals surface area (Å²) in [4.78, 5) is 31.1. The molecule has 7 heteroatoms. The Morgan fingerprint density at radius 3 is 2.19 bits per heavy atom. The van der Waals surface area contributed by atoms with Crippen LogP contribution in [0.25, 0.3) is 5.57 Å². The molecule has 0 saturated carbocycles. The molecule has 1 aromatic carbocycles. The Morgan fingerprint density at radius 2 is 1.62 bits per heavy atom. The minimum Gasteiger partial charge on any atom is -0.493 e. The maximum Gasteiger partial charge on any atom is 0.277 e. The molecular formula is C19H25N3O4. The zero-order valence-electron chi connectivity index (χ0n) is 15.7. The number of carbonyl (C=O) groups is 2. The first-order valence-electron chi connectivity index (χ1n) is 8.78. The molecule has 140 valence electrons. The molecule has 0 atom stereocenters. The van der Waals surface area contributed by atoms with Crippen molar-refractivity contribution in [1.29, 1.82) is 0 Å². The Balaban J connectivity index is 2.04. The van der Waals surface area contributed by atoms with Gasteiger partial charge in [-0.3, -0.25) is 14.5 Å². The maximum atomic E-state index is 12.8. The second kappa shape index (κ2) is 7.37. The van der Waals surface area contributed by atoms with Crippen LogP contribution >= 0.6 is 0 Å². The highest BCUT2D eigenvalue weighted by Gasteiger charge is 2.40. The van der Waals surface area contributed by atoms with Gasteiger partial charge in [-0.15, -0.1) is 0 Å². The van der Waals surface area contributed by atoms with Crippen molar-refractivity contribution in [3.05, 3.63) is 29.5 Å². The molecular weight excluding hydrogens is 334 g/mol. The summed E-state index contributed by atoms with van der Waals surface area (Å²) in [6, 6.07) is 5.30. The van der Waals surface area contributed by atoms with E-state index in [-0.39, 0.29) is 11.8 Å². The smallest absolute Gasteiger partial charge is 0.277 e. The minimum atomic E-state index is -0.282. The fourth-order valence-corrected chi connectivity index (χ4v) is 3.46. The van der Waals surface area contributed by atoms with Crippen LogP contribution in [0, 0.1) is 0 Å². The third-order valence-electron chi connectivity index (χ3n) is 5.07. The highest BCUT2D eigenvalue weighted by molar-refractivity contribution is 6.35. The normalized spacial score (nSPS) is 18.8. The summed E-state index contributed by atoms with van der Waals surface area (Å²) in [5.41, 5.74) is 1.59. The number of likely N-dealkylation sites (N-methyl/N-ethyl adjacent to an activating group) is 2. The van der Waals surface area contributed by atoms with Gasteiger partial charge in [0.05, 0.1) is 19.8 Å². The van der Waals surface area contributed by atoms with Gasteiger partial charge in [-0.2, -0.15) is 0 Å². The van der Waals surface area contributed by atoms with E-state index in [1.807, 2.05) is 4.90 Å². The molecule has 0 N–H and O–H groups in total. The van der Waals surface area contributed by atoms with Gasteiger partial charge in [0.15, 0.2) is 11.5 Å². The van der Waals surface area contributed by atoms with Gasteiger partial charge in [0.25, 0.3) is 11.8 Å². The molecule has 26 heavy (non-hydrogen) atoms. The van der Waals surface area contributed by atoms with Crippen LogP contribution in [0.3, 0.4) is 0 Å². The van der Waals surface area contributed by atoms with Crippen molar-refractivity contribution < 1.29 is 19.1 Å². The highest BCUT2D eigenvalue weighted by Crippen LogP contribution is 2.36. The van der Waals surface area contributed by atoms with Gasteiger partial charge in [0.1, 0.15) is 5.70 Å². The van der Waals surface area contributed by atoms with Crippen LogP contribution < -0.4 is 9.47 Å². The zero-order valence-corrected chi connectivity index (χ0v) is 15.7. The predicted molar refractivity (Wildman–Crippen MR) is 97.9 cm³/mol. The summed E-state index contributed by atoms with van der Waals surface area (Å²) in [7, 11) is 4.64. The van der Waals surface area contributed by atoms with Gasteiger partial charge in [-0.05, 0) is 24.2 Å². The van der Waals surface area contributed by atoms with Crippen molar-refractivity contribution in [3.8, 4) is 11.5 Å². The van der Waals surface area contributed by atoms with E-state index in [2.05, 4.69) is 11.8 Å². The first-order valence-corrected chi connectivity index (χ1v) is 8.78. The number of piperazine rings is 1. The van der Waals surface area contributed by atoms with E-state index in [9.17, 15) is 9.59 Å². The first kappa shape index (κ1) is 18.3. The number of amides is 2. The van der Waals surface area contributed by atoms with Crippen LogP contribution in [0.4, 0.5) is 0 Å². The number of hydrogen-bond donors (Lipinski definition) is 0. The topological polar surface area (TPSA) is 62.3 Å². The molecule has 0 spiro atoms. The lowest BCUT2D eigenvalue weighted by atomic mass is 10.0. The number of nitrogens with zero attached hydrogens (tertiary/aromatic N) is 3. The summed E-state index contributed by atoms with van der Waals surface area (Å²) < 4.78 is 10.6. The van der Waals surface area contributed by atoms with Crippen molar-refractivity contribution >= 4 is 17.4 Å². The third-order valence-corrected chi connectivity index (χ3v) is 5.07. The summed E-state index contributed by atoms with van der Waals surface area (Å²) in [5.74, 6) is 0.586. The lowest BCUT2D eigenvalue weighted by Gasteiger charge is -2.35. The maximum absolute atomic E-state index is 12.8. The van der Waals surface area contributed by atoms with Crippen molar-refractivity contribution in [3.63, 3.8) is 0 Å². The van der Waals surface area contributed by atoms with Crippen LogP contribution in [-0.4, -0.2) is 80.5 Å². The summed E-state index contributed by atoms with van der Waals surface area (Å²) in [5, 5.41) is 0. The van der Waals surface area contributed by atoms with E-state index in [0.717, 1.165) is 32.7 Å². The van der Waals surface area contributed by atoms with Gasteiger partial charge in [-0.1, -0.05) is 13.0 Å². The van der Waals surface area contributed by atoms with E-state index >= 15 is 0 Å². The molecule has 2 heterocycles. The van der Waals surface area contributed by atoms with E-state index in [1.54, 1.807) is 32.4 Å². The Labute approximate surface area is 153 Å². The quantitative estimate of drug-likeness (QED) is 0.733. The van der Waals surface area contributed by atoms with Crippen molar-refractivity contribution in [1.82, 2.24) is 14.7 Å². The Kier molecular flexibility index (Phi) is 5.18. The molecule has 0 unspecified atom stereocenters. The second-order valence-electron chi connectivity index (χ2n) is 6.38. The number of hydrogen-bond acceptors (Lipinski definition) is 6. The van der Waals surface area contributed by atoms with E-state index in [1.165, 1.54) is 11.9 Å². The molecule has 0 radical (unpaired) electrons. The van der Waals surface area contributed by atoms with Crippen LogP contribution in [0.1, 0.15) is 12.5 Å². The zero-order chi connectivity index (χ0) is 18.8. The fraction of sp³-hybridized carbons (Fsp3) is 0.474. The number of carbonyl (C=O) groups excluding carboxylic acids is 2. The van der Waals surface area contributed by atoms with Gasteiger partial charge < -0.3 is 19.3 Å². The van der Waals surface area contributed by atoms with Gasteiger partial charge >= 0.3 is 0 Å². The van der Waals surface area contributed by atoms with Crippen LogP contribution in [-0.2, 0) is 9.59 Å². The molecule has 3 rings (SSSR count). The molecule has 2 amide bonds.